The topological polar surface area (TPSA) is 41.6 Å². The maximum Gasteiger partial charge on any atom is 0.0964 e. The Kier molecular flexibility index (Phi) is 2.07. The largest absolute Gasteiger partial charge is 0.272 e. The van der Waals surface area contributed by atoms with Gasteiger partial charge in [-0.15, -0.1) is 0 Å². The number of pyridine rings is 1. The van der Waals surface area contributed by atoms with Crippen LogP contribution in [0.5, 0.6) is 0 Å². The molecular weight excluding hydrogens is 265 g/mol. The van der Waals surface area contributed by atoms with Crippen molar-refractivity contribution in [2.75, 3.05) is 0 Å². The normalized spacial score (nSPS) is 10.1. The molecule has 0 saturated heterocycles. The molecule has 3 nitrogen and oxygen atoms in total. The average Bonchev–Trinajstić information content (AvgIpc) is 2.54. The third kappa shape index (κ3) is 1.47. The predicted octanol–water partition coefficient (Wildman–Crippen LogP) is 2.08. The first-order chi connectivity index (χ1) is 5.86. The molecule has 0 aliphatic heterocycles. The van der Waals surface area contributed by atoms with E-state index in [2.05, 4.69) is 37.8 Å². The lowest BCUT2D eigenvalue weighted by molar-refractivity contribution is 1.07. The SMILES string of the molecule is Ic1cc(-c2cccnc2)n[nH]1. The van der Waals surface area contributed by atoms with Crippen molar-refractivity contribution in [3.05, 3.63) is 34.3 Å². The highest BCUT2D eigenvalue weighted by Crippen LogP contribution is 2.16. The van der Waals surface area contributed by atoms with Crippen molar-refractivity contribution in [3.63, 3.8) is 0 Å². The molecule has 0 aliphatic rings. The summed E-state index contributed by atoms with van der Waals surface area (Å²) in [5, 5.41) is 6.99. The molecule has 0 radical (unpaired) electrons. The molecular formula is C8H6IN3. The molecule has 12 heavy (non-hydrogen) atoms. The van der Waals surface area contributed by atoms with Crippen molar-refractivity contribution in [2.45, 2.75) is 0 Å². The number of hydrogen-bond donors (Lipinski definition) is 1. The Labute approximate surface area is 83.4 Å². The fraction of sp³-hybridized carbons (Fsp3) is 0. The molecule has 0 unspecified atom stereocenters. The maximum atomic E-state index is 4.11. The van der Waals surface area contributed by atoms with E-state index in [1.165, 1.54) is 0 Å². The average molecular weight is 271 g/mol. The summed E-state index contributed by atoms with van der Waals surface area (Å²) in [6.45, 7) is 0. The molecule has 4 heteroatoms. The van der Waals surface area contributed by atoms with Crippen molar-refractivity contribution in [3.8, 4) is 11.3 Å². The van der Waals surface area contributed by atoms with Gasteiger partial charge in [-0.25, -0.2) is 0 Å². The molecule has 0 spiro atoms. The summed E-state index contributed by atoms with van der Waals surface area (Å²) in [6.07, 6.45) is 3.55. The lowest BCUT2D eigenvalue weighted by Gasteiger charge is -1.91. The number of nitrogens with one attached hydrogen (secondary N) is 1. The van der Waals surface area contributed by atoms with Gasteiger partial charge < -0.3 is 0 Å². The molecule has 0 aliphatic carbocycles. The van der Waals surface area contributed by atoms with Crippen LogP contribution in [0.15, 0.2) is 30.6 Å². The zero-order chi connectivity index (χ0) is 8.39. The van der Waals surface area contributed by atoms with Crippen molar-refractivity contribution in [1.29, 1.82) is 0 Å². The quantitative estimate of drug-likeness (QED) is 0.807. The Morgan fingerprint density at radius 3 is 2.92 bits per heavy atom. The molecule has 0 saturated carbocycles. The highest BCUT2D eigenvalue weighted by atomic mass is 127. The van der Waals surface area contributed by atoms with Gasteiger partial charge in [-0.05, 0) is 40.8 Å². The van der Waals surface area contributed by atoms with E-state index in [1.807, 2.05) is 18.2 Å². The second-order valence-electron chi connectivity index (χ2n) is 2.34. The van der Waals surface area contributed by atoms with Gasteiger partial charge in [-0.1, -0.05) is 0 Å². The Balaban J connectivity index is 2.45. The third-order valence-electron chi connectivity index (χ3n) is 1.50. The van der Waals surface area contributed by atoms with Gasteiger partial charge in [0, 0.05) is 18.0 Å². The zero-order valence-corrected chi connectivity index (χ0v) is 8.32. The minimum atomic E-state index is 0.938. The van der Waals surface area contributed by atoms with E-state index in [-0.39, 0.29) is 0 Å². The van der Waals surface area contributed by atoms with Gasteiger partial charge in [-0.2, -0.15) is 5.10 Å². The number of aromatic amines is 1. The summed E-state index contributed by atoms with van der Waals surface area (Å²) in [5.74, 6) is 0. The molecule has 2 heterocycles. The summed E-state index contributed by atoms with van der Waals surface area (Å²) in [6, 6.07) is 5.87. The summed E-state index contributed by atoms with van der Waals surface area (Å²) in [4.78, 5) is 4.01. The van der Waals surface area contributed by atoms with Gasteiger partial charge in [0.1, 0.15) is 0 Å². The van der Waals surface area contributed by atoms with Gasteiger partial charge in [0.25, 0.3) is 0 Å². The Bertz CT molecular complexity index is 369. The van der Waals surface area contributed by atoms with E-state index in [4.69, 9.17) is 0 Å². The number of H-pyrrole nitrogens is 1. The number of hydrogen-bond acceptors (Lipinski definition) is 2. The van der Waals surface area contributed by atoms with E-state index >= 15 is 0 Å². The highest BCUT2D eigenvalue weighted by molar-refractivity contribution is 14.1. The summed E-state index contributed by atoms with van der Waals surface area (Å²) in [7, 11) is 0. The lowest BCUT2D eigenvalue weighted by atomic mass is 10.2. The summed E-state index contributed by atoms with van der Waals surface area (Å²) >= 11 is 2.19. The fourth-order valence-electron chi connectivity index (χ4n) is 0.960. The molecule has 2 aromatic heterocycles. The molecule has 1 N–H and O–H groups in total. The molecule has 0 amide bonds. The van der Waals surface area contributed by atoms with E-state index in [0.717, 1.165) is 15.0 Å². The first kappa shape index (κ1) is 7.72. The van der Waals surface area contributed by atoms with Crippen LogP contribution in [0, 0.1) is 3.70 Å². The fourth-order valence-corrected chi connectivity index (χ4v) is 1.38. The Morgan fingerprint density at radius 1 is 1.42 bits per heavy atom. The lowest BCUT2D eigenvalue weighted by Crippen LogP contribution is -1.77. The van der Waals surface area contributed by atoms with Crippen molar-refractivity contribution in [2.24, 2.45) is 0 Å². The Morgan fingerprint density at radius 2 is 2.33 bits per heavy atom. The zero-order valence-electron chi connectivity index (χ0n) is 6.16. The van der Waals surface area contributed by atoms with Crippen LogP contribution in [0.3, 0.4) is 0 Å². The minimum absolute atomic E-state index is 0.938. The number of halogens is 1. The molecule has 0 bridgehead atoms. The van der Waals surface area contributed by atoms with Crippen LogP contribution in [-0.4, -0.2) is 15.2 Å². The van der Waals surface area contributed by atoms with Crippen LogP contribution in [0.2, 0.25) is 0 Å². The van der Waals surface area contributed by atoms with Gasteiger partial charge in [0.2, 0.25) is 0 Å². The maximum absolute atomic E-state index is 4.11. The first-order valence-electron chi connectivity index (χ1n) is 3.47. The van der Waals surface area contributed by atoms with Crippen LogP contribution >= 0.6 is 22.6 Å². The van der Waals surface area contributed by atoms with E-state index < -0.39 is 0 Å². The predicted molar refractivity (Wildman–Crippen MR) is 54.5 cm³/mol. The molecule has 0 fully saturated rings. The second kappa shape index (κ2) is 3.22. The van der Waals surface area contributed by atoms with Crippen molar-refractivity contribution >= 4 is 22.6 Å². The molecule has 60 valence electrons. The minimum Gasteiger partial charge on any atom is -0.272 e. The van der Waals surface area contributed by atoms with Gasteiger partial charge in [-0.3, -0.25) is 10.1 Å². The van der Waals surface area contributed by atoms with Gasteiger partial charge in [0.05, 0.1) is 9.39 Å². The van der Waals surface area contributed by atoms with Crippen LogP contribution in [-0.2, 0) is 0 Å². The molecule has 2 aromatic rings. The van der Waals surface area contributed by atoms with Crippen LogP contribution < -0.4 is 0 Å². The molecule has 0 aromatic carbocycles. The van der Waals surface area contributed by atoms with Crippen LogP contribution in [0.4, 0.5) is 0 Å². The number of nitrogens with zero attached hydrogens (tertiary/aromatic N) is 2. The van der Waals surface area contributed by atoms with Crippen molar-refractivity contribution in [1.82, 2.24) is 15.2 Å². The van der Waals surface area contributed by atoms with E-state index in [1.54, 1.807) is 12.4 Å². The number of rotatable bonds is 1. The molecule has 2 rings (SSSR count). The summed E-state index contributed by atoms with van der Waals surface area (Å²) in [5.41, 5.74) is 1.98. The standard InChI is InChI=1S/C8H6IN3/c9-8-4-7(11-12-8)6-2-1-3-10-5-6/h1-5H,(H,11,12). The first-order valence-corrected chi connectivity index (χ1v) is 4.55. The van der Waals surface area contributed by atoms with E-state index in [9.17, 15) is 0 Å². The highest BCUT2D eigenvalue weighted by Gasteiger charge is 2.00. The number of aromatic nitrogens is 3. The van der Waals surface area contributed by atoms with Gasteiger partial charge >= 0.3 is 0 Å². The Hall–Kier alpha value is -0.910. The monoisotopic (exact) mass is 271 g/mol. The summed E-state index contributed by atoms with van der Waals surface area (Å²) < 4.78 is 1.03. The molecule has 0 atom stereocenters. The van der Waals surface area contributed by atoms with Crippen molar-refractivity contribution < 1.29 is 0 Å². The second-order valence-corrected chi connectivity index (χ2v) is 3.51. The van der Waals surface area contributed by atoms with Gasteiger partial charge in [0.15, 0.2) is 0 Å². The van der Waals surface area contributed by atoms with E-state index in [0.29, 0.717) is 0 Å². The van der Waals surface area contributed by atoms with Crippen LogP contribution in [0.25, 0.3) is 11.3 Å². The smallest absolute Gasteiger partial charge is 0.0964 e. The van der Waals surface area contributed by atoms with Crippen LogP contribution in [0.1, 0.15) is 0 Å². The third-order valence-corrected chi connectivity index (χ3v) is 2.06.